The first kappa shape index (κ1) is 17.7. The van der Waals surface area contributed by atoms with Gasteiger partial charge in [0.2, 0.25) is 5.88 Å². The number of rotatable bonds is 5. The van der Waals surface area contributed by atoms with Crippen LogP contribution in [0.3, 0.4) is 0 Å². The molecule has 0 spiro atoms. The molecule has 2 heterocycles. The molecule has 0 aliphatic heterocycles. The zero-order valence-electron chi connectivity index (χ0n) is 13.3. The van der Waals surface area contributed by atoms with E-state index in [1.807, 2.05) is 0 Å². The number of hydrogen-bond acceptors (Lipinski definition) is 4. The van der Waals surface area contributed by atoms with Crippen molar-refractivity contribution < 1.29 is 22.3 Å². The van der Waals surface area contributed by atoms with Crippen LogP contribution in [-0.2, 0) is 12.7 Å². The average Bonchev–Trinajstić information content (AvgIpc) is 2.62. The molecule has 26 heavy (non-hydrogen) atoms. The molecule has 2 aromatic heterocycles. The van der Waals surface area contributed by atoms with E-state index in [9.17, 15) is 17.6 Å². The molecule has 3 aromatic rings. The number of anilines is 1. The minimum Gasteiger partial charge on any atom is -0.439 e. The number of halogens is 4. The van der Waals surface area contributed by atoms with Gasteiger partial charge in [-0.2, -0.15) is 13.2 Å². The number of nitrogens with one attached hydrogen (secondary N) is 1. The van der Waals surface area contributed by atoms with Gasteiger partial charge in [-0.05, 0) is 48.0 Å². The molecular formula is C18H13F4N3O. The Labute approximate surface area is 146 Å². The summed E-state index contributed by atoms with van der Waals surface area (Å²) in [5.41, 5.74) is -0.187. The highest BCUT2D eigenvalue weighted by molar-refractivity contribution is 5.46. The fraction of sp³-hybridized carbons (Fsp3) is 0.111. The summed E-state index contributed by atoms with van der Waals surface area (Å²) < 4.78 is 57.3. The highest BCUT2D eigenvalue weighted by atomic mass is 19.4. The van der Waals surface area contributed by atoms with Gasteiger partial charge < -0.3 is 10.1 Å². The molecule has 134 valence electrons. The van der Waals surface area contributed by atoms with Gasteiger partial charge in [0.05, 0.1) is 5.56 Å². The Kier molecular flexibility index (Phi) is 5.01. The van der Waals surface area contributed by atoms with E-state index in [4.69, 9.17) is 4.74 Å². The van der Waals surface area contributed by atoms with Crippen LogP contribution in [0.2, 0.25) is 0 Å². The summed E-state index contributed by atoms with van der Waals surface area (Å²) >= 11 is 0. The second kappa shape index (κ2) is 7.38. The first-order valence-electron chi connectivity index (χ1n) is 7.56. The van der Waals surface area contributed by atoms with E-state index in [-0.39, 0.29) is 24.1 Å². The number of alkyl halides is 3. The SMILES string of the molecule is Fc1ccc(Oc2cc(CNc3ncccc3C(F)(F)F)ccn2)cc1. The molecule has 0 bridgehead atoms. The van der Waals surface area contributed by atoms with E-state index in [1.165, 1.54) is 42.7 Å². The predicted octanol–water partition coefficient (Wildman–Crippen LogP) is 5.04. The van der Waals surface area contributed by atoms with Crippen molar-refractivity contribution in [3.8, 4) is 11.6 Å². The van der Waals surface area contributed by atoms with E-state index >= 15 is 0 Å². The van der Waals surface area contributed by atoms with Crippen LogP contribution < -0.4 is 10.1 Å². The third kappa shape index (κ3) is 4.47. The Morgan fingerprint density at radius 3 is 2.46 bits per heavy atom. The molecule has 4 nitrogen and oxygen atoms in total. The molecule has 8 heteroatoms. The molecule has 1 aromatic carbocycles. The first-order chi connectivity index (χ1) is 12.4. The number of pyridine rings is 2. The Hall–Kier alpha value is -3.16. The average molecular weight is 363 g/mol. The van der Waals surface area contributed by atoms with Gasteiger partial charge in [-0.15, -0.1) is 0 Å². The smallest absolute Gasteiger partial charge is 0.419 e. The lowest BCUT2D eigenvalue weighted by atomic mass is 10.2. The maximum absolute atomic E-state index is 13.0. The van der Waals surface area contributed by atoms with Gasteiger partial charge in [-0.1, -0.05) is 0 Å². The molecule has 0 saturated heterocycles. The molecule has 1 N–H and O–H groups in total. The van der Waals surface area contributed by atoms with Crippen LogP contribution in [0.25, 0.3) is 0 Å². The molecule has 0 saturated carbocycles. The number of aromatic nitrogens is 2. The van der Waals surface area contributed by atoms with Gasteiger partial charge in [-0.3, -0.25) is 0 Å². The normalized spacial score (nSPS) is 11.2. The summed E-state index contributed by atoms with van der Waals surface area (Å²) in [6.07, 6.45) is -1.74. The fourth-order valence-electron chi connectivity index (χ4n) is 2.20. The summed E-state index contributed by atoms with van der Waals surface area (Å²) in [7, 11) is 0. The summed E-state index contributed by atoms with van der Waals surface area (Å²) in [6.45, 7) is 0.0996. The molecule has 0 fully saturated rings. The highest BCUT2D eigenvalue weighted by Crippen LogP contribution is 2.33. The second-order valence-corrected chi connectivity index (χ2v) is 5.31. The number of hydrogen-bond donors (Lipinski definition) is 1. The number of benzene rings is 1. The van der Waals surface area contributed by atoms with E-state index in [0.717, 1.165) is 6.07 Å². The molecule has 0 unspecified atom stereocenters. The third-order valence-corrected chi connectivity index (χ3v) is 3.41. The van der Waals surface area contributed by atoms with Crippen LogP contribution in [0.4, 0.5) is 23.4 Å². The Morgan fingerprint density at radius 1 is 0.962 bits per heavy atom. The largest absolute Gasteiger partial charge is 0.439 e. The fourth-order valence-corrected chi connectivity index (χ4v) is 2.20. The maximum Gasteiger partial charge on any atom is 0.419 e. The first-order valence-corrected chi connectivity index (χ1v) is 7.56. The van der Waals surface area contributed by atoms with Gasteiger partial charge >= 0.3 is 6.18 Å². The van der Waals surface area contributed by atoms with Crippen LogP contribution >= 0.6 is 0 Å². The third-order valence-electron chi connectivity index (χ3n) is 3.41. The van der Waals surface area contributed by atoms with Crippen molar-refractivity contribution in [2.45, 2.75) is 12.7 Å². The van der Waals surface area contributed by atoms with E-state index in [1.54, 1.807) is 12.1 Å². The van der Waals surface area contributed by atoms with Gasteiger partial charge in [0.1, 0.15) is 17.4 Å². The van der Waals surface area contributed by atoms with Crippen LogP contribution in [-0.4, -0.2) is 9.97 Å². The lowest BCUT2D eigenvalue weighted by Gasteiger charge is -2.13. The molecule has 0 radical (unpaired) electrons. The summed E-state index contributed by atoms with van der Waals surface area (Å²) in [6, 6.07) is 10.8. The molecule has 3 rings (SSSR count). The van der Waals surface area contributed by atoms with Crippen LogP contribution in [0.1, 0.15) is 11.1 Å². The summed E-state index contributed by atoms with van der Waals surface area (Å²) in [5, 5.41) is 2.67. The second-order valence-electron chi connectivity index (χ2n) is 5.31. The van der Waals surface area contributed by atoms with Gasteiger partial charge in [0.15, 0.2) is 0 Å². The Morgan fingerprint density at radius 2 is 1.73 bits per heavy atom. The standard InChI is InChI=1S/C18H13F4N3O/c19-13-3-5-14(6-4-13)26-16-10-12(7-9-23-16)11-25-17-15(18(20,21)22)2-1-8-24-17/h1-10H,11H2,(H,24,25). The predicted molar refractivity (Wildman–Crippen MR) is 87.3 cm³/mol. The van der Waals surface area contributed by atoms with Crippen molar-refractivity contribution >= 4 is 5.82 Å². The van der Waals surface area contributed by atoms with E-state index in [2.05, 4.69) is 15.3 Å². The van der Waals surface area contributed by atoms with Crippen LogP contribution in [0.15, 0.2) is 60.9 Å². The number of ether oxygens (including phenoxy) is 1. The van der Waals surface area contributed by atoms with Crippen LogP contribution in [0, 0.1) is 5.82 Å². The Balaban J connectivity index is 1.71. The van der Waals surface area contributed by atoms with Gasteiger partial charge in [0, 0.05) is 25.0 Å². The maximum atomic E-state index is 13.0. The summed E-state index contributed by atoms with van der Waals surface area (Å²) in [5.74, 6) is -0.00188. The molecule has 0 amide bonds. The van der Waals surface area contributed by atoms with Crippen molar-refractivity contribution in [3.05, 3.63) is 77.9 Å². The molecular weight excluding hydrogens is 350 g/mol. The zero-order chi connectivity index (χ0) is 18.6. The van der Waals surface area contributed by atoms with E-state index in [0.29, 0.717) is 11.3 Å². The lowest BCUT2D eigenvalue weighted by molar-refractivity contribution is -0.137. The lowest BCUT2D eigenvalue weighted by Crippen LogP contribution is -2.12. The number of nitrogens with zero attached hydrogens (tertiary/aromatic N) is 2. The zero-order valence-corrected chi connectivity index (χ0v) is 13.3. The minimum absolute atomic E-state index is 0.0996. The highest BCUT2D eigenvalue weighted by Gasteiger charge is 2.33. The quantitative estimate of drug-likeness (QED) is 0.645. The topological polar surface area (TPSA) is 47.0 Å². The molecule has 0 atom stereocenters. The van der Waals surface area contributed by atoms with Crippen molar-refractivity contribution in [3.63, 3.8) is 0 Å². The van der Waals surface area contributed by atoms with Crippen molar-refractivity contribution in [1.82, 2.24) is 9.97 Å². The van der Waals surface area contributed by atoms with Crippen molar-refractivity contribution in [2.24, 2.45) is 0 Å². The van der Waals surface area contributed by atoms with E-state index < -0.39 is 11.7 Å². The monoisotopic (exact) mass is 363 g/mol. The van der Waals surface area contributed by atoms with Crippen molar-refractivity contribution in [1.29, 1.82) is 0 Å². The molecule has 0 aliphatic carbocycles. The van der Waals surface area contributed by atoms with Crippen LogP contribution in [0.5, 0.6) is 11.6 Å². The summed E-state index contributed by atoms with van der Waals surface area (Å²) in [4.78, 5) is 7.77. The van der Waals surface area contributed by atoms with Gasteiger partial charge in [0.25, 0.3) is 0 Å². The minimum atomic E-state index is -4.49. The van der Waals surface area contributed by atoms with Crippen molar-refractivity contribution in [2.75, 3.05) is 5.32 Å². The molecule has 0 aliphatic rings. The Bertz CT molecular complexity index is 882. The van der Waals surface area contributed by atoms with Gasteiger partial charge in [-0.25, -0.2) is 14.4 Å².